The summed E-state index contributed by atoms with van der Waals surface area (Å²) in [7, 11) is 0. The number of nitrogens with zero attached hydrogens (tertiary/aromatic N) is 2. The van der Waals surface area contributed by atoms with E-state index in [1.54, 1.807) is 24.3 Å². The molecule has 0 spiro atoms. The van der Waals surface area contributed by atoms with E-state index < -0.39 is 17.3 Å². The maximum atomic E-state index is 13.4. The van der Waals surface area contributed by atoms with Crippen LogP contribution >= 0.6 is 11.3 Å². The Balaban J connectivity index is 2.02. The Hall–Kier alpha value is -3.67. The van der Waals surface area contributed by atoms with Gasteiger partial charge in [-0.05, 0) is 22.6 Å². The van der Waals surface area contributed by atoms with E-state index in [0.29, 0.717) is 10.4 Å². The lowest BCUT2D eigenvalue weighted by atomic mass is 9.55. The molecule has 30 heavy (non-hydrogen) atoms. The number of aliphatic hydroxyl groups excluding tert-OH is 1. The zero-order valence-electron chi connectivity index (χ0n) is 16.0. The van der Waals surface area contributed by atoms with Crippen LogP contribution in [0.1, 0.15) is 34.3 Å². The Kier molecular flexibility index (Phi) is 5.23. The molecule has 0 saturated heterocycles. The topological polar surface area (TPSA) is 84.9 Å². The normalized spacial score (nSPS) is 22.0. The Morgan fingerprint density at radius 1 is 0.933 bits per heavy atom. The Morgan fingerprint density at radius 3 is 2.07 bits per heavy atom. The van der Waals surface area contributed by atoms with Gasteiger partial charge in [0.05, 0.1) is 17.0 Å². The molecule has 1 saturated carbocycles. The smallest absolute Gasteiger partial charge is 0.164 e. The first kappa shape index (κ1) is 19.6. The SMILES string of the molecule is N#CC1(C#N)[C@H](c2ccccc2)CC(=O)/C(=C(/O)c2cccs2)[C@H]1c1ccccc1. The monoisotopic (exact) mass is 410 g/mol. The standard InChI is InChI=1S/C25H18N2O2S/c26-15-25(16-27)19(17-8-3-1-4-9-17)14-20(28)22(24(29)21-12-7-13-30-21)23(25)18-10-5-2-6-11-18/h1-13,19,23,29H,14H2/b24-22-/t19-,23+/m0/s1. The molecule has 0 bridgehead atoms. The van der Waals surface area contributed by atoms with Crippen molar-refractivity contribution < 1.29 is 9.90 Å². The van der Waals surface area contributed by atoms with E-state index in [0.717, 1.165) is 5.56 Å². The van der Waals surface area contributed by atoms with Gasteiger partial charge in [-0.1, -0.05) is 66.7 Å². The van der Waals surface area contributed by atoms with Gasteiger partial charge >= 0.3 is 0 Å². The van der Waals surface area contributed by atoms with Crippen molar-refractivity contribution in [2.45, 2.75) is 18.3 Å². The van der Waals surface area contributed by atoms with E-state index in [1.807, 2.05) is 53.9 Å². The third kappa shape index (κ3) is 3.10. The lowest BCUT2D eigenvalue weighted by Gasteiger charge is -2.41. The molecule has 4 nitrogen and oxygen atoms in total. The van der Waals surface area contributed by atoms with Crippen LogP contribution in [0.5, 0.6) is 0 Å². The molecule has 5 heteroatoms. The maximum Gasteiger partial charge on any atom is 0.164 e. The molecular weight excluding hydrogens is 392 g/mol. The van der Waals surface area contributed by atoms with Crippen molar-refractivity contribution >= 4 is 22.9 Å². The average Bonchev–Trinajstić information content (AvgIpc) is 3.34. The summed E-state index contributed by atoms with van der Waals surface area (Å²) >= 11 is 1.31. The molecule has 0 radical (unpaired) electrons. The molecule has 1 heterocycles. The first-order valence-electron chi connectivity index (χ1n) is 9.55. The Bertz CT molecular complexity index is 1160. The summed E-state index contributed by atoms with van der Waals surface area (Å²) in [4.78, 5) is 13.9. The highest BCUT2D eigenvalue weighted by Gasteiger charge is 2.56. The van der Waals surface area contributed by atoms with E-state index in [2.05, 4.69) is 12.1 Å². The van der Waals surface area contributed by atoms with Crippen molar-refractivity contribution in [2.75, 3.05) is 0 Å². The second kappa shape index (κ2) is 7.99. The van der Waals surface area contributed by atoms with E-state index in [-0.39, 0.29) is 23.5 Å². The van der Waals surface area contributed by atoms with Gasteiger partial charge < -0.3 is 5.11 Å². The maximum absolute atomic E-state index is 13.4. The van der Waals surface area contributed by atoms with Crippen LogP contribution in [0.3, 0.4) is 0 Å². The Labute approximate surface area is 179 Å². The first-order chi connectivity index (χ1) is 14.6. The summed E-state index contributed by atoms with van der Waals surface area (Å²) in [6.07, 6.45) is -0.0146. The van der Waals surface area contributed by atoms with Gasteiger partial charge in [0.2, 0.25) is 0 Å². The molecule has 1 aliphatic rings. The fraction of sp³-hybridized carbons (Fsp3) is 0.160. The zero-order valence-corrected chi connectivity index (χ0v) is 16.8. The summed E-state index contributed by atoms with van der Waals surface area (Å²) in [5.74, 6) is -1.87. The van der Waals surface area contributed by atoms with E-state index in [4.69, 9.17) is 0 Å². The van der Waals surface area contributed by atoms with Crippen molar-refractivity contribution in [3.05, 3.63) is 99.8 Å². The summed E-state index contributed by atoms with van der Waals surface area (Å²) in [5, 5.41) is 33.5. The third-order valence-electron chi connectivity index (χ3n) is 5.70. The van der Waals surface area contributed by atoms with Gasteiger partial charge in [-0.2, -0.15) is 10.5 Å². The molecule has 0 aliphatic heterocycles. The number of ketones is 1. The molecular formula is C25H18N2O2S. The molecule has 1 fully saturated rings. The van der Waals surface area contributed by atoms with E-state index in [1.165, 1.54) is 11.3 Å². The number of nitriles is 2. The van der Waals surface area contributed by atoms with Crippen LogP contribution < -0.4 is 0 Å². The second-order valence-corrected chi connectivity index (χ2v) is 8.21. The Morgan fingerprint density at radius 2 is 1.53 bits per heavy atom. The number of aliphatic hydroxyl groups is 1. The number of carbonyl (C=O) groups excluding carboxylic acids is 1. The van der Waals surface area contributed by atoms with Gasteiger partial charge in [0, 0.05) is 23.8 Å². The fourth-order valence-corrected chi connectivity index (χ4v) is 4.99. The number of thiophene rings is 1. The van der Waals surface area contributed by atoms with Crippen LogP contribution in [0.4, 0.5) is 0 Å². The second-order valence-electron chi connectivity index (χ2n) is 7.27. The molecule has 1 aliphatic carbocycles. The molecule has 4 rings (SSSR count). The third-order valence-corrected chi connectivity index (χ3v) is 6.57. The number of Topliss-reactive ketones (excluding diaryl/α,β-unsaturated/α-hetero) is 1. The minimum absolute atomic E-state index is 0.0146. The highest BCUT2D eigenvalue weighted by atomic mass is 32.1. The first-order valence-corrected chi connectivity index (χ1v) is 10.4. The number of rotatable bonds is 3. The average molecular weight is 410 g/mol. The van der Waals surface area contributed by atoms with Crippen LogP contribution in [0.25, 0.3) is 5.76 Å². The molecule has 2 aromatic carbocycles. The van der Waals surface area contributed by atoms with Crippen molar-refractivity contribution in [3.8, 4) is 12.1 Å². The quantitative estimate of drug-likeness (QED) is 0.450. The van der Waals surface area contributed by atoms with Crippen LogP contribution in [0.2, 0.25) is 0 Å². The largest absolute Gasteiger partial charge is 0.506 e. The highest BCUT2D eigenvalue weighted by Crippen LogP contribution is 2.56. The lowest BCUT2D eigenvalue weighted by Crippen LogP contribution is -2.42. The molecule has 0 amide bonds. The number of allylic oxidation sites excluding steroid dienone is 1. The summed E-state index contributed by atoms with van der Waals surface area (Å²) in [5.41, 5.74) is 0.0214. The van der Waals surface area contributed by atoms with Gasteiger partial charge in [0.25, 0.3) is 0 Å². The van der Waals surface area contributed by atoms with Crippen molar-refractivity contribution in [2.24, 2.45) is 5.41 Å². The van der Waals surface area contributed by atoms with Crippen LogP contribution in [-0.4, -0.2) is 10.9 Å². The lowest BCUT2D eigenvalue weighted by molar-refractivity contribution is -0.118. The molecule has 1 aromatic heterocycles. The summed E-state index contributed by atoms with van der Waals surface area (Å²) < 4.78 is 0. The van der Waals surface area contributed by atoms with Crippen LogP contribution in [-0.2, 0) is 4.79 Å². The van der Waals surface area contributed by atoms with Gasteiger partial charge in [-0.25, -0.2) is 0 Å². The molecule has 146 valence electrons. The minimum Gasteiger partial charge on any atom is -0.506 e. The van der Waals surface area contributed by atoms with Gasteiger partial charge in [-0.15, -0.1) is 11.3 Å². The minimum atomic E-state index is -1.54. The highest BCUT2D eigenvalue weighted by molar-refractivity contribution is 7.11. The number of hydrogen-bond acceptors (Lipinski definition) is 5. The molecule has 2 atom stereocenters. The van der Waals surface area contributed by atoms with E-state index >= 15 is 0 Å². The van der Waals surface area contributed by atoms with Crippen molar-refractivity contribution in [1.82, 2.24) is 0 Å². The van der Waals surface area contributed by atoms with Crippen molar-refractivity contribution in [3.63, 3.8) is 0 Å². The fourth-order valence-electron chi connectivity index (χ4n) is 4.31. The predicted octanol–water partition coefficient (Wildman–Crippen LogP) is 5.59. The number of carbonyl (C=O) groups is 1. The number of benzene rings is 2. The van der Waals surface area contributed by atoms with E-state index in [9.17, 15) is 20.4 Å². The van der Waals surface area contributed by atoms with Gasteiger partial charge in [0.1, 0.15) is 5.76 Å². The zero-order chi connectivity index (χ0) is 21.1. The van der Waals surface area contributed by atoms with Gasteiger partial charge in [0.15, 0.2) is 11.2 Å². The molecule has 0 unspecified atom stereocenters. The van der Waals surface area contributed by atoms with Gasteiger partial charge in [-0.3, -0.25) is 4.79 Å². The summed E-state index contributed by atoms with van der Waals surface area (Å²) in [6, 6.07) is 26.3. The molecule has 1 N–H and O–H groups in total. The number of hydrogen-bond donors (Lipinski definition) is 1. The van der Waals surface area contributed by atoms with Crippen LogP contribution in [0, 0.1) is 28.1 Å². The molecule has 3 aromatic rings. The van der Waals surface area contributed by atoms with Crippen molar-refractivity contribution in [1.29, 1.82) is 10.5 Å². The summed E-state index contributed by atoms with van der Waals surface area (Å²) in [6.45, 7) is 0. The van der Waals surface area contributed by atoms with Crippen LogP contribution in [0.15, 0.2) is 83.7 Å². The predicted molar refractivity (Wildman–Crippen MR) is 116 cm³/mol.